The number of phosphoric ester groups is 1. The van der Waals surface area contributed by atoms with Crippen LogP contribution in [0.3, 0.4) is 0 Å². The van der Waals surface area contributed by atoms with E-state index < -0.39 is 32.5 Å². The monoisotopic (exact) mass is 765 g/mol. The van der Waals surface area contributed by atoms with Gasteiger partial charge in [-0.3, -0.25) is 14.1 Å². The van der Waals surface area contributed by atoms with E-state index in [2.05, 4.69) is 79.1 Å². The SMILES string of the molecule is CC/C=C\C/C=C\C/C=C\C/C=C\CCCCCCCCC(=O)OC(COC(=O)CCCCCCC/C=C\CCCCCCCCC)COP(=O)(O)O. The largest absolute Gasteiger partial charge is 0.469 e. The Labute approximate surface area is 324 Å². The molecule has 0 amide bonds. The van der Waals surface area contributed by atoms with E-state index in [0.717, 1.165) is 96.3 Å². The first kappa shape index (κ1) is 50.8. The smallest absolute Gasteiger partial charge is 0.462 e. The van der Waals surface area contributed by atoms with E-state index in [1.807, 2.05) is 0 Å². The Morgan fingerprint density at radius 2 is 0.906 bits per heavy atom. The van der Waals surface area contributed by atoms with E-state index in [0.29, 0.717) is 12.8 Å². The molecule has 2 N–H and O–H groups in total. The van der Waals surface area contributed by atoms with Crippen molar-refractivity contribution in [2.24, 2.45) is 0 Å². The molecule has 8 nitrogen and oxygen atoms in total. The first-order valence-electron chi connectivity index (χ1n) is 21.1. The van der Waals surface area contributed by atoms with Gasteiger partial charge in [0.25, 0.3) is 0 Å². The average Bonchev–Trinajstić information content (AvgIpc) is 3.13. The standard InChI is InChI=1S/C44H77O8P/c1-3-5-7-9-11-13-15-17-19-21-22-23-25-27-29-31-33-35-37-39-44(46)52-42(41-51-53(47,48)49)40-50-43(45)38-36-34-32-30-28-26-24-20-18-16-14-12-10-8-6-4-2/h5,7,11,13,17,19-20,22-24,42H,3-4,6,8-10,12,14-16,18,21,25-41H2,1-2H3,(H2,47,48,49)/b7-5-,13-11-,19-17-,23-22-,24-20-. The van der Waals surface area contributed by atoms with Crippen molar-refractivity contribution in [3.63, 3.8) is 0 Å². The van der Waals surface area contributed by atoms with Crippen LogP contribution in [0.1, 0.15) is 187 Å². The van der Waals surface area contributed by atoms with Crippen molar-refractivity contribution in [1.82, 2.24) is 0 Å². The summed E-state index contributed by atoms with van der Waals surface area (Å²) in [6.45, 7) is 3.55. The third-order valence-corrected chi connectivity index (χ3v) is 9.26. The molecule has 1 unspecified atom stereocenters. The van der Waals surface area contributed by atoms with E-state index >= 15 is 0 Å². The molecule has 0 aliphatic rings. The van der Waals surface area contributed by atoms with Gasteiger partial charge in [-0.1, -0.05) is 158 Å². The van der Waals surface area contributed by atoms with Gasteiger partial charge in [0.2, 0.25) is 0 Å². The molecule has 0 fully saturated rings. The van der Waals surface area contributed by atoms with E-state index in [1.54, 1.807) is 0 Å². The first-order valence-corrected chi connectivity index (χ1v) is 22.6. The summed E-state index contributed by atoms with van der Waals surface area (Å²) in [5.74, 6) is -0.912. The van der Waals surface area contributed by atoms with Gasteiger partial charge in [0.1, 0.15) is 6.61 Å². The van der Waals surface area contributed by atoms with Crippen molar-refractivity contribution in [3.8, 4) is 0 Å². The predicted octanol–water partition coefficient (Wildman–Crippen LogP) is 12.9. The number of allylic oxidation sites excluding steroid dienone is 10. The van der Waals surface area contributed by atoms with Crippen molar-refractivity contribution in [2.75, 3.05) is 13.2 Å². The molecule has 306 valence electrons. The summed E-state index contributed by atoms with van der Waals surface area (Å²) in [5.41, 5.74) is 0. The lowest BCUT2D eigenvalue weighted by molar-refractivity contribution is -0.161. The summed E-state index contributed by atoms with van der Waals surface area (Å²) in [5, 5.41) is 0. The number of phosphoric acid groups is 1. The Morgan fingerprint density at radius 1 is 0.509 bits per heavy atom. The summed E-state index contributed by atoms with van der Waals surface area (Å²) in [6.07, 6.45) is 49.4. The lowest BCUT2D eigenvalue weighted by atomic mass is 10.1. The third kappa shape index (κ3) is 42.4. The summed E-state index contributed by atoms with van der Waals surface area (Å²) in [7, 11) is -4.76. The number of unbranched alkanes of at least 4 members (excludes halogenated alkanes) is 18. The topological polar surface area (TPSA) is 119 Å². The third-order valence-electron chi connectivity index (χ3n) is 8.77. The van der Waals surface area contributed by atoms with Crippen molar-refractivity contribution < 1.29 is 37.9 Å². The van der Waals surface area contributed by atoms with Gasteiger partial charge in [0.05, 0.1) is 6.61 Å². The number of carbonyl (C=O) groups excluding carboxylic acids is 2. The molecular weight excluding hydrogens is 687 g/mol. The predicted molar refractivity (Wildman–Crippen MR) is 221 cm³/mol. The van der Waals surface area contributed by atoms with Gasteiger partial charge in [-0.2, -0.15) is 0 Å². The van der Waals surface area contributed by atoms with Gasteiger partial charge < -0.3 is 19.3 Å². The van der Waals surface area contributed by atoms with Crippen molar-refractivity contribution in [2.45, 2.75) is 193 Å². The fourth-order valence-corrected chi connectivity index (χ4v) is 6.01. The summed E-state index contributed by atoms with van der Waals surface area (Å²) < 4.78 is 26.4. The number of hydrogen-bond acceptors (Lipinski definition) is 6. The molecule has 53 heavy (non-hydrogen) atoms. The van der Waals surface area contributed by atoms with Crippen LogP contribution in [0.5, 0.6) is 0 Å². The molecule has 0 aliphatic carbocycles. The molecule has 0 bridgehead atoms. The first-order chi connectivity index (χ1) is 25.8. The van der Waals surface area contributed by atoms with Gasteiger partial charge in [0, 0.05) is 12.8 Å². The molecule has 9 heteroatoms. The highest BCUT2D eigenvalue weighted by atomic mass is 31.2. The van der Waals surface area contributed by atoms with Crippen molar-refractivity contribution in [1.29, 1.82) is 0 Å². The van der Waals surface area contributed by atoms with E-state index in [1.165, 1.54) is 51.4 Å². The Bertz CT molecular complexity index is 1040. The van der Waals surface area contributed by atoms with Crippen LogP contribution in [-0.4, -0.2) is 41.0 Å². The molecule has 1 atom stereocenters. The molecule has 0 rings (SSSR count). The molecule has 0 saturated heterocycles. The average molecular weight is 765 g/mol. The van der Waals surface area contributed by atoms with E-state index in [-0.39, 0.29) is 19.4 Å². The Balaban J connectivity index is 3.97. The van der Waals surface area contributed by atoms with Crippen LogP contribution in [0.25, 0.3) is 0 Å². The number of rotatable bonds is 38. The Kier molecular flexibility index (Phi) is 37.8. The molecular formula is C44H77O8P. The zero-order chi connectivity index (χ0) is 38.9. The number of hydrogen-bond donors (Lipinski definition) is 2. The zero-order valence-corrected chi connectivity index (χ0v) is 34.5. The molecule has 0 heterocycles. The number of carbonyl (C=O) groups is 2. The van der Waals surface area contributed by atoms with Gasteiger partial charge in [-0.15, -0.1) is 0 Å². The highest BCUT2D eigenvalue weighted by molar-refractivity contribution is 7.46. The van der Waals surface area contributed by atoms with Crippen molar-refractivity contribution in [3.05, 3.63) is 60.8 Å². The van der Waals surface area contributed by atoms with Crippen LogP contribution in [0.2, 0.25) is 0 Å². The number of esters is 2. The van der Waals surface area contributed by atoms with Crippen LogP contribution < -0.4 is 0 Å². The van der Waals surface area contributed by atoms with Gasteiger partial charge in [-0.05, 0) is 77.0 Å². The molecule has 0 aromatic heterocycles. The fraction of sp³-hybridized carbons (Fsp3) is 0.727. The maximum Gasteiger partial charge on any atom is 0.469 e. The summed E-state index contributed by atoms with van der Waals surface area (Å²) in [4.78, 5) is 42.9. The maximum absolute atomic E-state index is 12.4. The summed E-state index contributed by atoms with van der Waals surface area (Å²) >= 11 is 0. The highest BCUT2D eigenvalue weighted by Crippen LogP contribution is 2.36. The molecule has 0 aliphatic heterocycles. The highest BCUT2D eigenvalue weighted by Gasteiger charge is 2.22. The zero-order valence-electron chi connectivity index (χ0n) is 33.6. The Hall–Kier alpha value is -2.25. The maximum atomic E-state index is 12.4. The minimum atomic E-state index is -4.76. The lowest BCUT2D eigenvalue weighted by Crippen LogP contribution is -2.29. The van der Waals surface area contributed by atoms with Crippen LogP contribution in [0.4, 0.5) is 0 Å². The van der Waals surface area contributed by atoms with E-state index in [4.69, 9.17) is 19.3 Å². The molecule has 0 saturated carbocycles. The second-order valence-corrected chi connectivity index (χ2v) is 15.2. The van der Waals surface area contributed by atoms with Gasteiger partial charge >= 0.3 is 19.8 Å². The Morgan fingerprint density at radius 3 is 1.38 bits per heavy atom. The normalized spacial score (nSPS) is 13.1. The van der Waals surface area contributed by atoms with Crippen LogP contribution >= 0.6 is 7.82 Å². The van der Waals surface area contributed by atoms with Crippen LogP contribution in [0.15, 0.2) is 60.8 Å². The van der Waals surface area contributed by atoms with E-state index in [9.17, 15) is 14.2 Å². The quantitative estimate of drug-likeness (QED) is 0.0276. The molecule has 0 radical (unpaired) electrons. The fourth-order valence-electron chi connectivity index (χ4n) is 5.65. The van der Waals surface area contributed by atoms with Gasteiger partial charge in [0.15, 0.2) is 6.10 Å². The second-order valence-electron chi connectivity index (χ2n) is 13.9. The number of ether oxygens (including phenoxy) is 2. The second kappa shape index (κ2) is 39.4. The van der Waals surface area contributed by atoms with Crippen LogP contribution in [0, 0.1) is 0 Å². The molecule has 0 aromatic carbocycles. The lowest BCUT2D eigenvalue weighted by Gasteiger charge is -2.18. The summed E-state index contributed by atoms with van der Waals surface area (Å²) in [6, 6.07) is 0. The minimum Gasteiger partial charge on any atom is -0.462 e. The molecule has 0 aromatic rings. The van der Waals surface area contributed by atoms with Crippen LogP contribution in [-0.2, 0) is 28.2 Å². The van der Waals surface area contributed by atoms with Gasteiger partial charge in [-0.25, -0.2) is 4.57 Å². The van der Waals surface area contributed by atoms with Crippen molar-refractivity contribution >= 4 is 19.8 Å². The minimum absolute atomic E-state index is 0.192. The molecule has 0 spiro atoms.